The third-order valence-electron chi connectivity index (χ3n) is 2.69. The van der Waals surface area contributed by atoms with E-state index in [0.717, 1.165) is 30.8 Å². The van der Waals surface area contributed by atoms with Gasteiger partial charge in [-0.15, -0.1) is 16.4 Å². The molecule has 0 saturated heterocycles. The minimum Gasteiger partial charge on any atom is -0.316 e. The van der Waals surface area contributed by atoms with Crippen LogP contribution in [0.2, 0.25) is 0 Å². The molecule has 0 aliphatic carbocycles. The minimum atomic E-state index is -3.58. The van der Waals surface area contributed by atoms with Crippen molar-refractivity contribution >= 4 is 27.2 Å². The minimum absolute atomic E-state index is 0.220. The molecule has 6 nitrogen and oxygen atoms in total. The first-order valence-corrected chi connectivity index (χ1v) is 9.02. The highest BCUT2D eigenvalue weighted by Crippen LogP contribution is 2.23. The van der Waals surface area contributed by atoms with E-state index < -0.39 is 10.0 Å². The quantitative estimate of drug-likeness (QED) is 0.724. The first-order valence-electron chi connectivity index (χ1n) is 6.72. The molecule has 114 valence electrons. The molecule has 0 aliphatic heterocycles. The van der Waals surface area contributed by atoms with E-state index >= 15 is 0 Å². The van der Waals surface area contributed by atoms with Crippen LogP contribution in [0.3, 0.4) is 0 Å². The second kappa shape index (κ2) is 7.48. The summed E-state index contributed by atoms with van der Waals surface area (Å²) >= 11 is 1.28. The Kier molecular flexibility index (Phi) is 5.66. The van der Waals surface area contributed by atoms with E-state index in [0.29, 0.717) is 4.21 Å². The molecule has 21 heavy (non-hydrogen) atoms. The van der Waals surface area contributed by atoms with Gasteiger partial charge >= 0.3 is 0 Å². The van der Waals surface area contributed by atoms with E-state index in [-0.39, 0.29) is 5.82 Å². The Morgan fingerprint density at radius 2 is 2.10 bits per heavy atom. The van der Waals surface area contributed by atoms with Crippen LogP contribution >= 0.6 is 11.3 Å². The van der Waals surface area contributed by atoms with Crippen molar-refractivity contribution in [3.63, 3.8) is 0 Å². The molecule has 0 radical (unpaired) electrons. The average molecular weight is 326 g/mol. The third-order valence-corrected chi connectivity index (χ3v) is 5.68. The van der Waals surface area contributed by atoms with Crippen molar-refractivity contribution in [3.05, 3.63) is 35.3 Å². The standard InChI is InChI=1S/C13H18N4O2S2/c1-2-8-14-10-7-11-5-6-13(20-11)21(18,19)17-12-4-3-9-15-16-12/h3-6,9,14H,2,7-8,10H2,1H3,(H,16,17). The number of hydrogen-bond acceptors (Lipinski definition) is 6. The Bertz CT molecular complexity index is 656. The van der Waals surface area contributed by atoms with Crippen molar-refractivity contribution in [2.75, 3.05) is 17.8 Å². The van der Waals surface area contributed by atoms with E-state index in [1.807, 2.05) is 6.07 Å². The maximum atomic E-state index is 12.2. The number of sulfonamides is 1. The Labute approximate surface area is 128 Å². The van der Waals surface area contributed by atoms with Gasteiger partial charge in [-0.05, 0) is 50.2 Å². The fourth-order valence-corrected chi connectivity index (χ4v) is 4.05. The summed E-state index contributed by atoms with van der Waals surface area (Å²) in [7, 11) is -3.58. The van der Waals surface area contributed by atoms with Crippen molar-refractivity contribution in [3.8, 4) is 0 Å². The van der Waals surface area contributed by atoms with Crippen molar-refractivity contribution in [2.24, 2.45) is 0 Å². The molecule has 2 rings (SSSR count). The molecule has 2 aromatic heterocycles. The van der Waals surface area contributed by atoms with E-state index in [4.69, 9.17) is 0 Å². The van der Waals surface area contributed by atoms with Gasteiger partial charge in [0.1, 0.15) is 4.21 Å². The van der Waals surface area contributed by atoms with Crippen molar-refractivity contribution in [1.29, 1.82) is 0 Å². The molecule has 0 atom stereocenters. The van der Waals surface area contributed by atoms with Crippen LogP contribution in [0.1, 0.15) is 18.2 Å². The van der Waals surface area contributed by atoms with Crippen molar-refractivity contribution in [2.45, 2.75) is 24.0 Å². The van der Waals surface area contributed by atoms with Gasteiger partial charge in [0, 0.05) is 11.1 Å². The first-order chi connectivity index (χ1) is 10.1. The van der Waals surface area contributed by atoms with Crippen LogP contribution in [0.4, 0.5) is 5.82 Å². The lowest BCUT2D eigenvalue weighted by Gasteiger charge is -2.03. The third kappa shape index (κ3) is 4.76. The maximum Gasteiger partial charge on any atom is 0.272 e. The van der Waals surface area contributed by atoms with E-state index in [1.165, 1.54) is 17.5 Å². The summed E-state index contributed by atoms with van der Waals surface area (Å²) in [6.07, 6.45) is 3.40. The Balaban J connectivity index is 1.99. The predicted octanol–water partition coefficient (Wildman–Crippen LogP) is 1.88. The second-order valence-corrected chi connectivity index (χ2v) is 7.51. The number of aromatic nitrogens is 2. The summed E-state index contributed by atoms with van der Waals surface area (Å²) in [5.74, 6) is 0.220. The molecule has 2 aromatic rings. The lowest BCUT2D eigenvalue weighted by Crippen LogP contribution is -2.17. The smallest absolute Gasteiger partial charge is 0.272 e. The Hall–Kier alpha value is -1.51. The summed E-state index contributed by atoms with van der Waals surface area (Å²) < 4.78 is 27.1. The second-order valence-electron chi connectivity index (χ2n) is 4.44. The van der Waals surface area contributed by atoms with Crippen molar-refractivity contribution in [1.82, 2.24) is 15.5 Å². The normalized spacial score (nSPS) is 11.5. The van der Waals surface area contributed by atoms with Crippen LogP contribution in [-0.4, -0.2) is 31.7 Å². The molecule has 0 spiro atoms. The maximum absolute atomic E-state index is 12.2. The SMILES string of the molecule is CCCNCCc1ccc(S(=O)(=O)Nc2cccnn2)s1. The van der Waals surface area contributed by atoms with E-state index in [1.54, 1.807) is 18.2 Å². The molecule has 0 unspecified atom stereocenters. The molecule has 0 bridgehead atoms. The van der Waals surface area contributed by atoms with Gasteiger partial charge in [0.25, 0.3) is 10.0 Å². The molecule has 0 amide bonds. The molecule has 2 heterocycles. The molecule has 0 saturated carbocycles. The first kappa shape index (κ1) is 15.9. The summed E-state index contributed by atoms with van der Waals surface area (Å²) in [5.41, 5.74) is 0. The Morgan fingerprint density at radius 1 is 1.24 bits per heavy atom. The van der Waals surface area contributed by atoms with Crippen LogP contribution in [0.25, 0.3) is 0 Å². The topological polar surface area (TPSA) is 84.0 Å². The zero-order chi connectivity index (χ0) is 15.1. The lowest BCUT2D eigenvalue weighted by molar-refractivity contribution is 0.603. The van der Waals surface area contributed by atoms with Crippen LogP contribution in [0, 0.1) is 0 Å². The monoisotopic (exact) mass is 326 g/mol. The molecule has 0 aromatic carbocycles. The zero-order valence-electron chi connectivity index (χ0n) is 11.7. The van der Waals surface area contributed by atoms with E-state index in [2.05, 4.69) is 27.2 Å². The van der Waals surface area contributed by atoms with Gasteiger partial charge in [-0.1, -0.05) is 6.92 Å². The Morgan fingerprint density at radius 3 is 2.81 bits per heavy atom. The van der Waals surface area contributed by atoms with Gasteiger partial charge in [0.05, 0.1) is 0 Å². The average Bonchev–Trinajstić information content (AvgIpc) is 2.94. The summed E-state index contributed by atoms with van der Waals surface area (Å²) in [6, 6.07) is 6.67. The van der Waals surface area contributed by atoms with Gasteiger partial charge in [-0.3, -0.25) is 4.72 Å². The van der Waals surface area contributed by atoms with Crippen LogP contribution in [0.15, 0.2) is 34.7 Å². The highest BCUT2D eigenvalue weighted by molar-refractivity contribution is 7.94. The number of rotatable bonds is 8. The van der Waals surface area contributed by atoms with Gasteiger partial charge in [0.2, 0.25) is 0 Å². The van der Waals surface area contributed by atoms with Gasteiger partial charge in [-0.25, -0.2) is 8.42 Å². The van der Waals surface area contributed by atoms with Gasteiger partial charge in [-0.2, -0.15) is 5.10 Å². The van der Waals surface area contributed by atoms with Crippen LogP contribution in [0.5, 0.6) is 0 Å². The molecule has 0 fully saturated rings. The fraction of sp³-hybridized carbons (Fsp3) is 0.385. The molecular weight excluding hydrogens is 308 g/mol. The van der Waals surface area contributed by atoms with Gasteiger partial charge < -0.3 is 5.32 Å². The van der Waals surface area contributed by atoms with E-state index in [9.17, 15) is 8.42 Å². The largest absolute Gasteiger partial charge is 0.316 e. The summed E-state index contributed by atoms with van der Waals surface area (Å²) in [5, 5.41) is 10.7. The van der Waals surface area contributed by atoms with Crippen molar-refractivity contribution < 1.29 is 8.42 Å². The molecule has 0 aliphatic rings. The molecule has 8 heteroatoms. The van der Waals surface area contributed by atoms with Gasteiger partial charge in [0.15, 0.2) is 5.82 Å². The predicted molar refractivity (Wildman–Crippen MR) is 84.0 cm³/mol. The summed E-state index contributed by atoms with van der Waals surface area (Å²) in [4.78, 5) is 1.04. The summed E-state index contributed by atoms with van der Waals surface area (Å²) in [6.45, 7) is 3.94. The highest BCUT2D eigenvalue weighted by atomic mass is 32.2. The number of anilines is 1. The fourth-order valence-electron chi connectivity index (χ4n) is 1.69. The lowest BCUT2D eigenvalue weighted by atomic mass is 10.3. The van der Waals surface area contributed by atoms with Crippen LogP contribution < -0.4 is 10.0 Å². The number of hydrogen-bond donors (Lipinski definition) is 2. The zero-order valence-corrected chi connectivity index (χ0v) is 13.4. The van der Waals surface area contributed by atoms with Crippen LogP contribution in [-0.2, 0) is 16.4 Å². The molecule has 2 N–H and O–H groups in total. The number of thiophene rings is 1. The highest BCUT2D eigenvalue weighted by Gasteiger charge is 2.17. The number of nitrogens with zero attached hydrogens (tertiary/aromatic N) is 2. The number of nitrogens with one attached hydrogen (secondary N) is 2. The molecular formula is C13H18N4O2S2.